The monoisotopic (exact) mass is 271 g/mol. The van der Waals surface area contributed by atoms with Gasteiger partial charge in [0.25, 0.3) is 0 Å². The Labute approximate surface area is 99.9 Å². The summed E-state index contributed by atoms with van der Waals surface area (Å²) in [4.78, 5) is 0. The first-order valence-electron chi connectivity index (χ1n) is 5.03. The van der Waals surface area contributed by atoms with Gasteiger partial charge >= 0.3 is 0 Å². The van der Waals surface area contributed by atoms with Crippen LogP contribution in [0, 0.1) is 0 Å². The second kappa shape index (κ2) is 4.54. The maximum atomic E-state index is 5.80. The quantitative estimate of drug-likeness (QED) is 0.892. The van der Waals surface area contributed by atoms with Gasteiger partial charge in [-0.3, -0.25) is 0 Å². The summed E-state index contributed by atoms with van der Waals surface area (Å²) in [5.41, 5.74) is 6.72. The van der Waals surface area contributed by atoms with Crippen molar-refractivity contribution in [2.45, 2.75) is 39.3 Å². The lowest BCUT2D eigenvalue weighted by atomic mass is 10.1. The normalized spacial score (nSPS) is 13.7. The van der Waals surface area contributed by atoms with Crippen molar-refractivity contribution in [3.8, 4) is 5.75 Å². The molecule has 1 atom stereocenters. The Kier molecular flexibility index (Phi) is 3.79. The van der Waals surface area contributed by atoms with Gasteiger partial charge in [-0.25, -0.2) is 0 Å². The number of halogens is 1. The average molecular weight is 272 g/mol. The summed E-state index contributed by atoms with van der Waals surface area (Å²) in [6, 6.07) is 6.00. The Morgan fingerprint density at radius 1 is 1.33 bits per heavy atom. The summed E-state index contributed by atoms with van der Waals surface area (Å²) >= 11 is 3.49. The summed E-state index contributed by atoms with van der Waals surface area (Å²) in [5, 5.41) is 0. The molecule has 1 aromatic rings. The summed E-state index contributed by atoms with van der Waals surface area (Å²) < 4.78 is 6.73. The van der Waals surface area contributed by atoms with E-state index in [0.29, 0.717) is 0 Å². The lowest BCUT2D eigenvalue weighted by Crippen LogP contribution is -2.23. The maximum absolute atomic E-state index is 5.80. The van der Waals surface area contributed by atoms with Gasteiger partial charge in [-0.05, 0) is 61.3 Å². The Bertz CT molecular complexity index is 342. The number of ether oxygens (including phenoxy) is 1. The third-order valence-corrected chi connectivity index (χ3v) is 2.52. The number of rotatable bonds is 2. The average Bonchev–Trinajstić information content (AvgIpc) is 2.05. The van der Waals surface area contributed by atoms with Crippen LogP contribution in [0.2, 0.25) is 0 Å². The fourth-order valence-corrected chi connectivity index (χ4v) is 1.69. The molecule has 0 radical (unpaired) electrons. The van der Waals surface area contributed by atoms with Crippen LogP contribution in [0.25, 0.3) is 0 Å². The molecule has 1 aromatic carbocycles. The van der Waals surface area contributed by atoms with E-state index in [1.807, 2.05) is 45.9 Å². The van der Waals surface area contributed by atoms with Gasteiger partial charge in [-0.2, -0.15) is 0 Å². The molecule has 84 valence electrons. The molecule has 0 bridgehead atoms. The molecule has 2 nitrogen and oxygen atoms in total. The van der Waals surface area contributed by atoms with E-state index in [4.69, 9.17) is 10.5 Å². The maximum Gasteiger partial charge on any atom is 0.134 e. The van der Waals surface area contributed by atoms with Crippen molar-refractivity contribution in [2.24, 2.45) is 5.73 Å². The first-order chi connectivity index (χ1) is 6.79. The molecular formula is C12H18BrNO. The van der Waals surface area contributed by atoms with E-state index in [-0.39, 0.29) is 11.6 Å². The molecule has 0 saturated carbocycles. The van der Waals surface area contributed by atoms with Gasteiger partial charge in [-0.15, -0.1) is 0 Å². The SMILES string of the molecule is C[C@H](N)c1ccc(OC(C)(C)C)c(Br)c1. The van der Waals surface area contributed by atoms with Crippen molar-refractivity contribution < 1.29 is 4.74 Å². The lowest BCUT2D eigenvalue weighted by molar-refractivity contribution is 0.130. The van der Waals surface area contributed by atoms with Gasteiger partial charge in [-0.1, -0.05) is 6.07 Å². The van der Waals surface area contributed by atoms with Gasteiger partial charge in [0.1, 0.15) is 11.4 Å². The van der Waals surface area contributed by atoms with Crippen molar-refractivity contribution >= 4 is 15.9 Å². The molecule has 0 aliphatic heterocycles. The smallest absolute Gasteiger partial charge is 0.134 e. The van der Waals surface area contributed by atoms with Crippen LogP contribution in [-0.2, 0) is 0 Å². The van der Waals surface area contributed by atoms with Crippen molar-refractivity contribution in [1.29, 1.82) is 0 Å². The molecule has 0 saturated heterocycles. The largest absolute Gasteiger partial charge is 0.487 e. The highest BCUT2D eigenvalue weighted by Gasteiger charge is 2.14. The predicted octanol–water partition coefficient (Wildman–Crippen LogP) is 3.65. The summed E-state index contributed by atoms with van der Waals surface area (Å²) in [6.45, 7) is 8.04. The minimum Gasteiger partial charge on any atom is -0.487 e. The molecule has 0 spiro atoms. The van der Waals surface area contributed by atoms with Gasteiger partial charge in [0, 0.05) is 6.04 Å². The predicted molar refractivity (Wildman–Crippen MR) is 67.1 cm³/mol. The third kappa shape index (κ3) is 3.84. The van der Waals surface area contributed by atoms with Crippen LogP contribution in [0.1, 0.15) is 39.3 Å². The van der Waals surface area contributed by atoms with Crippen molar-refractivity contribution in [1.82, 2.24) is 0 Å². The van der Waals surface area contributed by atoms with Crippen LogP contribution in [0.5, 0.6) is 5.75 Å². The van der Waals surface area contributed by atoms with Gasteiger partial charge in [0.15, 0.2) is 0 Å². The third-order valence-electron chi connectivity index (χ3n) is 1.90. The zero-order valence-electron chi connectivity index (χ0n) is 9.67. The van der Waals surface area contributed by atoms with E-state index < -0.39 is 0 Å². The van der Waals surface area contributed by atoms with Crippen molar-refractivity contribution in [2.75, 3.05) is 0 Å². The Morgan fingerprint density at radius 2 is 1.93 bits per heavy atom. The minimum atomic E-state index is -0.182. The van der Waals surface area contributed by atoms with Crippen LogP contribution < -0.4 is 10.5 Å². The minimum absolute atomic E-state index is 0.0463. The first kappa shape index (κ1) is 12.5. The zero-order chi connectivity index (χ0) is 11.6. The number of hydrogen-bond donors (Lipinski definition) is 1. The highest BCUT2D eigenvalue weighted by Crippen LogP contribution is 2.30. The Hall–Kier alpha value is -0.540. The summed E-state index contributed by atoms with van der Waals surface area (Å²) in [7, 11) is 0. The molecule has 3 heteroatoms. The summed E-state index contributed by atoms with van der Waals surface area (Å²) in [5.74, 6) is 0.854. The lowest BCUT2D eigenvalue weighted by Gasteiger charge is -2.22. The van der Waals surface area contributed by atoms with Crippen LogP contribution in [0.15, 0.2) is 22.7 Å². The van der Waals surface area contributed by atoms with Gasteiger partial charge in [0.05, 0.1) is 4.47 Å². The fraction of sp³-hybridized carbons (Fsp3) is 0.500. The number of nitrogens with two attached hydrogens (primary N) is 1. The second-order valence-corrected chi connectivity index (χ2v) is 5.55. The highest BCUT2D eigenvalue weighted by atomic mass is 79.9. The molecule has 0 aromatic heterocycles. The fourth-order valence-electron chi connectivity index (χ4n) is 1.21. The molecule has 0 aliphatic carbocycles. The molecule has 0 aliphatic rings. The van der Waals surface area contributed by atoms with E-state index in [1.165, 1.54) is 0 Å². The molecule has 2 N–H and O–H groups in total. The van der Waals surface area contributed by atoms with Crippen LogP contribution in [0.4, 0.5) is 0 Å². The van der Waals surface area contributed by atoms with Crippen LogP contribution >= 0.6 is 15.9 Å². The Balaban J connectivity index is 2.94. The second-order valence-electron chi connectivity index (χ2n) is 4.69. The first-order valence-corrected chi connectivity index (χ1v) is 5.83. The molecule has 0 unspecified atom stereocenters. The standard InChI is InChI=1S/C12H18BrNO/c1-8(14)9-5-6-11(10(13)7-9)15-12(2,3)4/h5-8H,14H2,1-4H3/t8-/m0/s1. The summed E-state index contributed by atoms with van der Waals surface area (Å²) in [6.07, 6.45) is 0. The van der Waals surface area contributed by atoms with Gasteiger partial charge in [0.2, 0.25) is 0 Å². The molecule has 0 amide bonds. The van der Waals surface area contributed by atoms with Crippen LogP contribution in [-0.4, -0.2) is 5.60 Å². The van der Waals surface area contributed by atoms with E-state index in [2.05, 4.69) is 15.9 Å². The van der Waals surface area contributed by atoms with E-state index in [9.17, 15) is 0 Å². The van der Waals surface area contributed by atoms with E-state index in [1.54, 1.807) is 0 Å². The van der Waals surface area contributed by atoms with E-state index >= 15 is 0 Å². The zero-order valence-corrected chi connectivity index (χ0v) is 11.3. The molecule has 15 heavy (non-hydrogen) atoms. The highest BCUT2D eigenvalue weighted by molar-refractivity contribution is 9.10. The molecular weight excluding hydrogens is 254 g/mol. The topological polar surface area (TPSA) is 35.2 Å². The van der Waals surface area contributed by atoms with Crippen molar-refractivity contribution in [3.05, 3.63) is 28.2 Å². The Morgan fingerprint density at radius 3 is 2.33 bits per heavy atom. The molecule has 0 heterocycles. The van der Waals surface area contributed by atoms with Gasteiger partial charge < -0.3 is 10.5 Å². The van der Waals surface area contributed by atoms with E-state index in [0.717, 1.165) is 15.8 Å². The molecule has 1 rings (SSSR count). The molecule has 0 fully saturated rings. The van der Waals surface area contributed by atoms with Crippen molar-refractivity contribution in [3.63, 3.8) is 0 Å². The number of hydrogen-bond acceptors (Lipinski definition) is 2. The number of benzene rings is 1. The van der Waals surface area contributed by atoms with Crippen LogP contribution in [0.3, 0.4) is 0 Å².